The van der Waals surface area contributed by atoms with Crippen LogP contribution < -0.4 is 10.6 Å². The van der Waals surface area contributed by atoms with Gasteiger partial charge < -0.3 is 10.6 Å². The average molecular weight is 218 g/mol. The van der Waals surface area contributed by atoms with Crippen molar-refractivity contribution in [2.24, 2.45) is 5.73 Å². The summed E-state index contributed by atoms with van der Waals surface area (Å²) in [6.45, 7) is 2.12. The largest absolute Gasteiger partial charge is 0.372 e. The first-order valence-corrected chi connectivity index (χ1v) is 6.30. The monoisotopic (exact) mass is 218 g/mol. The van der Waals surface area contributed by atoms with Crippen molar-refractivity contribution in [1.82, 2.24) is 0 Å². The van der Waals surface area contributed by atoms with Gasteiger partial charge >= 0.3 is 0 Å². The molecule has 0 saturated heterocycles. The van der Waals surface area contributed by atoms with Crippen LogP contribution in [0.5, 0.6) is 0 Å². The zero-order valence-corrected chi connectivity index (χ0v) is 10.3. The van der Waals surface area contributed by atoms with Crippen LogP contribution >= 0.6 is 0 Å². The Bertz CT molecular complexity index is 327. The highest BCUT2D eigenvalue weighted by molar-refractivity contribution is 5.48. The van der Waals surface area contributed by atoms with Crippen molar-refractivity contribution >= 4 is 5.69 Å². The first-order valence-electron chi connectivity index (χ1n) is 6.30. The molecule has 0 aromatic heterocycles. The molecule has 2 rings (SSSR count). The van der Waals surface area contributed by atoms with Crippen LogP contribution in [0.4, 0.5) is 5.69 Å². The van der Waals surface area contributed by atoms with E-state index in [2.05, 4.69) is 43.1 Å². The zero-order chi connectivity index (χ0) is 11.5. The molecule has 0 aliphatic heterocycles. The lowest BCUT2D eigenvalue weighted by atomic mass is 9.91. The van der Waals surface area contributed by atoms with Crippen LogP contribution in [0.25, 0.3) is 0 Å². The second-order valence-electron chi connectivity index (χ2n) is 4.80. The highest BCUT2D eigenvalue weighted by Crippen LogP contribution is 2.28. The molecule has 1 aromatic rings. The maximum atomic E-state index is 6.00. The van der Waals surface area contributed by atoms with Gasteiger partial charge in [-0.25, -0.2) is 0 Å². The highest BCUT2D eigenvalue weighted by Gasteiger charge is 2.22. The molecule has 0 heterocycles. The predicted molar refractivity (Wildman–Crippen MR) is 69.7 cm³/mol. The van der Waals surface area contributed by atoms with E-state index in [1.807, 2.05) is 0 Å². The third kappa shape index (κ3) is 2.22. The standard InChI is InChI=1S/C14H22N2/c1-3-14(15)11-7-9-13(10-8-11)16(2)12-5-4-6-12/h7-10,12,14H,3-6,15H2,1-2H3/t14-/m0/s1. The van der Waals surface area contributed by atoms with E-state index < -0.39 is 0 Å². The van der Waals surface area contributed by atoms with Gasteiger partial charge in [0.25, 0.3) is 0 Å². The summed E-state index contributed by atoms with van der Waals surface area (Å²) in [4.78, 5) is 2.39. The fourth-order valence-corrected chi connectivity index (χ4v) is 2.18. The second-order valence-corrected chi connectivity index (χ2v) is 4.80. The van der Waals surface area contributed by atoms with Gasteiger partial charge in [0.05, 0.1) is 0 Å². The molecule has 1 aliphatic rings. The number of hydrogen-bond acceptors (Lipinski definition) is 2. The number of benzene rings is 1. The number of rotatable bonds is 4. The number of hydrogen-bond donors (Lipinski definition) is 1. The lowest BCUT2D eigenvalue weighted by Gasteiger charge is -2.36. The Morgan fingerprint density at radius 1 is 1.31 bits per heavy atom. The van der Waals surface area contributed by atoms with Gasteiger partial charge in [-0.1, -0.05) is 19.1 Å². The van der Waals surface area contributed by atoms with Crippen molar-refractivity contribution in [3.63, 3.8) is 0 Å². The average Bonchev–Trinajstić information content (AvgIpc) is 2.26. The van der Waals surface area contributed by atoms with Crippen molar-refractivity contribution in [2.45, 2.75) is 44.7 Å². The quantitative estimate of drug-likeness (QED) is 0.841. The maximum Gasteiger partial charge on any atom is 0.0366 e. The summed E-state index contributed by atoms with van der Waals surface area (Å²) < 4.78 is 0. The molecule has 0 spiro atoms. The summed E-state index contributed by atoms with van der Waals surface area (Å²) in [5.74, 6) is 0. The van der Waals surface area contributed by atoms with Gasteiger partial charge in [0, 0.05) is 24.8 Å². The third-order valence-corrected chi connectivity index (χ3v) is 3.79. The van der Waals surface area contributed by atoms with Crippen LogP contribution in [-0.4, -0.2) is 13.1 Å². The summed E-state index contributed by atoms with van der Waals surface area (Å²) in [6.07, 6.45) is 5.06. The minimum absolute atomic E-state index is 0.183. The van der Waals surface area contributed by atoms with Gasteiger partial charge in [0.1, 0.15) is 0 Å². The van der Waals surface area contributed by atoms with E-state index in [4.69, 9.17) is 5.73 Å². The van der Waals surface area contributed by atoms with Gasteiger partial charge in [-0.2, -0.15) is 0 Å². The lowest BCUT2D eigenvalue weighted by Crippen LogP contribution is -2.37. The van der Waals surface area contributed by atoms with E-state index >= 15 is 0 Å². The smallest absolute Gasteiger partial charge is 0.0366 e. The number of anilines is 1. The van der Waals surface area contributed by atoms with E-state index in [0.717, 1.165) is 12.5 Å². The van der Waals surface area contributed by atoms with Gasteiger partial charge in [-0.3, -0.25) is 0 Å². The van der Waals surface area contributed by atoms with E-state index in [-0.39, 0.29) is 6.04 Å². The summed E-state index contributed by atoms with van der Waals surface area (Å²) in [6, 6.07) is 9.66. The number of nitrogens with zero attached hydrogens (tertiary/aromatic N) is 1. The minimum atomic E-state index is 0.183. The molecular formula is C14H22N2. The molecule has 0 bridgehead atoms. The molecule has 88 valence electrons. The molecule has 1 aromatic carbocycles. The van der Waals surface area contributed by atoms with E-state index in [9.17, 15) is 0 Å². The van der Waals surface area contributed by atoms with Gasteiger partial charge in [-0.05, 0) is 43.4 Å². The van der Waals surface area contributed by atoms with Gasteiger partial charge in [0.2, 0.25) is 0 Å². The summed E-state index contributed by atoms with van der Waals surface area (Å²) in [7, 11) is 2.19. The molecule has 0 radical (unpaired) electrons. The molecule has 2 heteroatoms. The summed E-state index contributed by atoms with van der Waals surface area (Å²) >= 11 is 0. The molecule has 1 saturated carbocycles. The van der Waals surface area contributed by atoms with Crippen LogP contribution in [0.15, 0.2) is 24.3 Å². The maximum absolute atomic E-state index is 6.00. The molecular weight excluding hydrogens is 196 g/mol. The molecule has 1 aliphatic carbocycles. The van der Waals surface area contributed by atoms with Crippen LogP contribution in [0.3, 0.4) is 0 Å². The molecule has 2 nitrogen and oxygen atoms in total. The minimum Gasteiger partial charge on any atom is -0.372 e. The Morgan fingerprint density at radius 2 is 1.94 bits per heavy atom. The predicted octanol–water partition coefficient (Wildman–Crippen LogP) is 3.09. The Kier molecular flexibility index (Phi) is 3.49. The topological polar surface area (TPSA) is 29.3 Å². The molecule has 2 N–H and O–H groups in total. The Morgan fingerprint density at radius 3 is 2.38 bits per heavy atom. The van der Waals surface area contributed by atoms with Crippen LogP contribution in [0.1, 0.15) is 44.2 Å². The zero-order valence-electron chi connectivity index (χ0n) is 10.3. The SMILES string of the molecule is CC[C@H](N)c1ccc(N(C)C2CCC2)cc1. The van der Waals surface area contributed by atoms with E-state index in [1.165, 1.54) is 30.5 Å². The van der Waals surface area contributed by atoms with Crippen molar-refractivity contribution in [2.75, 3.05) is 11.9 Å². The van der Waals surface area contributed by atoms with Crippen LogP contribution in [0, 0.1) is 0 Å². The first kappa shape index (κ1) is 11.5. The highest BCUT2D eigenvalue weighted by atomic mass is 15.1. The third-order valence-electron chi connectivity index (χ3n) is 3.79. The van der Waals surface area contributed by atoms with Crippen molar-refractivity contribution < 1.29 is 0 Å². The fraction of sp³-hybridized carbons (Fsp3) is 0.571. The van der Waals surface area contributed by atoms with Crippen LogP contribution in [-0.2, 0) is 0 Å². The second kappa shape index (κ2) is 4.88. The van der Waals surface area contributed by atoms with Crippen molar-refractivity contribution in [1.29, 1.82) is 0 Å². The Labute approximate surface area is 98.4 Å². The normalized spacial score (nSPS) is 17.9. The first-order chi connectivity index (χ1) is 7.72. The van der Waals surface area contributed by atoms with Crippen molar-refractivity contribution in [3.05, 3.63) is 29.8 Å². The molecule has 1 atom stereocenters. The number of nitrogens with two attached hydrogens (primary N) is 1. The Hall–Kier alpha value is -1.02. The van der Waals surface area contributed by atoms with E-state index in [1.54, 1.807) is 0 Å². The fourth-order valence-electron chi connectivity index (χ4n) is 2.18. The summed E-state index contributed by atoms with van der Waals surface area (Å²) in [5, 5.41) is 0. The lowest BCUT2D eigenvalue weighted by molar-refractivity contribution is 0.401. The van der Waals surface area contributed by atoms with Gasteiger partial charge in [0.15, 0.2) is 0 Å². The van der Waals surface area contributed by atoms with Crippen molar-refractivity contribution in [3.8, 4) is 0 Å². The molecule has 0 unspecified atom stereocenters. The van der Waals surface area contributed by atoms with Gasteiger partial charge in [-0.15, -0.1) is 0 Å². The van der Waals surface area contributed by atoms with Crippen LogP contribution in [0.2, 0.25) is 0 Å². The van der Waals surface area contributed by atoms with E-state index in [0.29, 0.717) is 0 Å². The molecule has 16 heavy (non-hydrogen) atoms. The Balaban J connectivity index is 2.06. The summed E-state index contributed by atoms with van der Waals surface area (Å²) in [5.41, 5.74) is 8.56. The molecule has 1 fully saturated rings. The molecule has 0 amide bonds.